The average molecular weight is 262 g/mol. The van der Waals surface area contributed by atoms with Gasteiger partial charge in [-0.3, -0.25) is 4.79 Å². The molecule has 1 aromatic carbocycles. The Labute approximate surface area is 115 Å². The first-order chi connectivity index (χ1) is 9.24. The fraction of sp³-hybridized carbons (Fsp3) is 0.438. The van der Waals surface area contributed by atoms with Gasteiger partial charge in [-0.25, -0.2) is 0 Å². The number of methoxy groups -OCH3 is 2. The van der Waals surface area contributed by atoms with Gasteiger partial charge < -0.3 is 9.47 Å². The Morgan fingerprint density at radius 2 is 2.00 bits per heavy atom. The van der Waals surface area contributed by atoms with Crippen LogP contribution in [0.2, 0.25) is 0 Å². The van der Waals surface area contributed by atoms with Gasteiger partial charge in [-0.1, -0.05) is 18.6 Å². The Morgan fingerprint density at radius 1 is 1.21 bits per heavy atom. The first-order valence-corrected chi connectivity index (χ1v) is 6.59. The number of allylic oxidation sites excluding steroid dienone is 1. The number of hydrogen-bond acceptors (Lipinski definition) is 3. The molecule has 0 N–H and O–H groups in total. The molecule has 0 fully saturated rings. The van der Waals surface area contributed by atoms with Gasteiger partial charge in [-0.2, -0.15) is 0 Å². The summed E-state index contributed by atoms with van der Waals surface area (Å²) in [6, 6.07) is 5.39. The van der Waals surface area contributed by atoms with Gasteiger partial charge in [-0.15, -0.1) is 6.58 Å². The van der Waals surface area contributed by atoms with Crippen LogP contribution in [0.15, 0.2) is 30.9 Å². The van der Waals surface area contributed by atoms with Crippen LogP contribution < -0.4 is 9.47 Å². The molecule has 1 aromatic rings. The third-order valence-electron chi connectivity index (χ3n) is 3.02. The minimum atomic E-state index is 0.106. The summed E-state index contributed by atoms with van der Waals surface area (Å²) in [5.74, 6) is 1.23. The molecule has 3 heteroatoms. The van der Waals surface area contributed by atoms with Crippen molar-refractivity contribution in [2.45, 2.75) is 32.1 Å². The van der Waals surface area contributed by atoms with Crippen LogP contribution in [0.25, 0.3) is 0 Å². The molecule has 0 aliphatic rings. The van der Waals surface area contributed by atoms with Gasteiger partial charge in [0.15, 0.2) is 17.3 Å². The minimum absolute atomic E-state index is 0.106. The fourth-order valence-corrected chi connectivity index (χ4v) is 1.99. The smallest absolute Gasteiger partial charge is 0.171 e. The Bertz CT molecular complexity index is 424. The summed E-state index contributed by atoms with van der Waals surface area (Å²) in [6.07, 6.45) is 6.49. The highest BCUT2D eigenvalue weighted by Crippen LogP contribution is 2.31. The number of Topliss-reactive ketones (excluding diaryl/α,β-unsaturated/α-hetero) is 1. The van der Waals surface area contributed by atoms with Crippen LogP contribution in [0.4, 0.5) is 0 Å². The van der Waals surface area contributed by atoms with E-state index in [4.69, 9.17) is 9.47 Å². The molecule has 0 saturated carbocycles. The number of para-hydroxylation sites is 1. The van der Waals surface area contributed by atoms with E-state index in [-0.39, 0.29) is 5.78 Å². The minimum Gasteiger partial charge on any atom is -0.493 e. The fourth-order valence-electron chi connectivity index (χ4n) is 1.99. The second-order valence-corrected chi connectivity index (χ2v) is 4.35. The van der Waals surface area contributed by atoms with Crippen molar-refractivity contribution >= 4 is 5.78 Å². The van der Waals surface area contributed by atoms with Crippen LogP contribution in [0.5, 0.6) is 11.5 Å². The molecule has 0 aliphatic carbocycles. The van der Waals surface area contributed by atoms with Crippen molar-refractivity contribution in [1.29, 1.82) is 0 Å². The molecule has 0 aliphatic heterocycles. The third-order valence-corrected chi connectivity index (χ3v) is 3.02. The summed E-state index contributed by atoms with van der Waals surface area (Å²) >= 11 is 0. The normalized spacial score (nSPS) is 10.0. The molecule has 3 nitrogen and oxygen atoms in total. The lowest BCUT2D eigenvalue weighted by Gasteiger charge is -2.11. The average Bonchev–Trinajstić information content (AvgIpc) is 2.45. The Balaban J connectivity index is 2.63. The molecule has 0 atom stereocenters. The monoisotopic (exact) mass is 262 g/mol. The van der Waals surface area contributed by atoms with Crippen molar-refractivity contribution in [3.05, 3.63) is 36.4 Å². The van der Waals surface area contributed by atoms with Gasteiger partial charge in [0, 0.05) is 6.42 Å². The van der Waals surface area contributed by atoms with Crippen molar-refractivity contribution in [2.24, 2.45) is 0 Å². The van der Waals surface area contributed by atoms with Crippen LogP contribution in [-0.2, 0) is 0 Å². The number of carbonyl (C=O) groups is 1. The Morgan fingerprint density at radius 3 is 2.63 bits per heavy atom. The zero-order valence-corrected chi connectivity index (χ0v) is 11.8. The molecule has 104 valence electrons. The van der Waals surface area contributed by atoms with Gasteiger partial charge in [0.25, 0.3) is 0 Å². The quantitative estimate of drug-likeness (QED) is 0.383. The van der Waals surface area contributed by atoms with Gasteiger partial charge in [0.2, 0.25) is 0 Å². The number of unbranched alkanes of at least 4 members (excludes halogenated alkanes) is 3. The Hall–Kier alpha value is -1.77. The van der Waals surface area contributed by atoms with Gasteiger partial charge in [0.1, 0.15) is 0 Å². The van der Waals surface area contributed by atoms with E-state index in [0.29, 0.717) is 23.5 Å². The SMILES string of the molecule is C=CCCCCCC(=O)c1cccc(OC)c1OC. The van der Waals surface area contributed by atoms with E-state index in [9.17, 15) is 4.79 Å². The van der Waals surface area contributed by atoms with Gasteiger partial charge in [-0.05, 0) is 31.4 Å². The van der Waals surface area contributed by atoms with Crippen LogP contribution in [0, 0.1) is 0 Å². The zero-order chi connectivity index (χ0) is 14.1. The molecule has 0 spiro atoms. The molecule has 19 heavy (non-hydrogen) atoms. The second-order valence-electron chi connectivity index (χ2n) is 4.35. The summed E-state index contributed by atoms with van der Waals surface area (Å²) in [7, 11) is 3.13. The lowest BCUT2D eigenvalue weighted by atomic mass is 10.0. The molecule has 0 unspecified atom stereocenters. The highest BCUT2D eigenvalue weighted by molar-refractivity contribution is 5.99. The van der Waals surface area contributed by atoms with Crippen molar-refractivity contribution in [1.82, 2.24) is 0 Å². The van der Waals surface area contributed by atoms with Crippen LogP contribution in [0.3, 0.4) is 0 Å². The topological polar surface area (TPSA) is 35.5 Å². The molecule has 0 amide bonds. The zero-order valence-electron chi connectivity index (χ0n) is 11.8. The molecule has 0 heterocycles. The third kappa shape index (κ3) is 4.43. The first-order valence-electron chi connectivity index (χ1n) is 6.59. The molecular weight excluding hydrogens is 240 g/mol. The van der Waals surface area contributed by atoms with Gasteiger partial charge >= 0.3 is 0 Å². The van der Waals surface area contributed by atoms with Crippen molar-refractivity contribution in [3.8, 4) is 11.5 Å². The Kier molecular flexibility index (Phi) is 6.72. The predicted molar refractivity (Wildman–Crippen MR) is 77.2 cm³/mol. The summed E-state index contributed by atoms with van der Waals surface area (Å²) in [4.78, 5) is 12.2. The standard InChI is InChI=1S/C16H22O3/c1-4-5-6-7-8-11-14(17)13-10-9-12-15(18-2)16(13)19-3/h4,9-10,12H,1,5-8,11H2,2-3H3. The molecule has 0 aromatic heterocycles. The largest absolute Gasteiger partial charge is 0.493 e. The van der Waals surface area contributed by atoms with E-state index < -0.39 is 0 Å². The molecular formula is C16H22O3. The highest BCUT2D eigenvalue weighted by atomic mass is 16.5. The molecule has 1 rings (SSSR count). The van der Waals surface area contributed by atoms with Crippen LogP contribution >= 0.6 is 0 Å². The maximum atomic E-state index is 12.2. The van der Waals surface area contributed by atoms with E-state index in [2.05, 4.69) is 6.58 Å². The summed E-state index contributed by atoms with van der Waals surface area (Å²) in [6.45, 7) is 3.69. The maximum Gasteiger partial charge on any atom is 0.171 e. The number of ketones is 1. The lowest BCUT2D eigenvalue weighted by molar-refractivity contribution is 0.0975. The highest BCUT2D eigenvalue weighted by Gasteiger charge is 2.15. The summed E-state index contributed by atoms with van der Waals surface area (Å²) < 4.78 is 10.5. The van der Waals surface area contributed by atoms with Crippen molar-refractivity contribution in [3.63, 3.8) is 0 Å². The van der Waals surface area contributed by atoms with E-state index >= 15 is 0 Å². The predicted octanol–water partition coefficient (Wildman–Crippen LogP) is 4.02. The second kappa shape index (κ2) is 8.35. The van der Waals surface area contributed by atoms with Crippen LogP contribution in [0.1, 0.15) is 42.5 Å². The lowest BCUT2D eigenvalue weighted by Crippen LogP contribution is -2.03. The summed E-state index contributed by atoms with van der Waals surface area (Å²) in [5.41, 5.74) is 0.602. The molecule has 0 radical (unpaired) electrons. The first kappa shape index (κ1) is 15.3. The maximum absolute atomic E-state index is 12.2. The number of carbonyl (C=O) groups excluding carboxylic acids is 1. The van der Waals surface area contributed by atoms with Crippen molar-refractivity contribution < 1.29 is 14.3 Å². The molecule has 0 bridgehead atoms. The summed E-state index contributed by atoms with van der Waals surface area (Å²) in [5, 5.41) is 0. The number of ether oxygens (including phenoxy) is 2. The number of hydrogen-bond donors (Lipinski definition) is 0. The van der Waals surface area contributed by atoms with Gasteiger partial charge in [0.05, 0.1) is 19.8 Å². The van der Waals surface area contributed by atoms with E-state index in [0.717, 1.165) is 25.7 Å². The van der Waals surface area contributed by atoms with E-state index in [1.165, 1.54) is 0 Å². The van der Waals surface area contributed by atoms with E-state index in [1.54, 1.807) is 26.4 Å². The van der Waals surface area contributed by atoms with Crippen LogP contribution in [-0.4, -0.2) is 20.0 Å². The number of rotatable bonds is 9. The number of benzene rings is 1. The van der Waals surface area contributed by atoms with Crippen molar-refractivity contribution in [2.75, 3.05) is 14.2 Å². The van der Waals surface area contributed by atoms with E-state index in [1.807, 2.05) is 12.1 Å². The molecule has 0 saturated heterocycles.